The van der Waals surface area contributed by atoms with Gasteiger partial charge in [-0.15, -0.1) is 0 Å². The van der Waals surface area contributed by atoms with Gasteiger partial charge in [-0.1, -0.05) is 6.07 Å². The molecular formula is C31H31FN6O2S. The number of halogens is 1. The van der Waals surface area contributed by atoms with Gasteiger partial charge in [0.1, 0.15) is 18.0 Å². The second-order valence-electron chi connectivity index (χ2n) is 10.2. The lowest BCUT2D eigenvalue weighted by atomic mass is 10.1. The summed E-state index contributed by atoms with van der Waals surface area (Å²) in [7, 11) is -3.82. The molecule has 10 heteroatoms. The molecule has 0 bridgehead atoms. The molecule has 210 valence electrons. The number of likely N-dealkylation sites (tertiary alicyclic amines) is 1. The molecule has 0 unspecified atom stereocenters. The van der Waals surface area contributed by atoms with E-state index >= 15 is 0 Å². The van der Waals surface area contributed by atoms with E-state index in [1.807, 2.05) is 6.07 Å². The maximum atomic E-state index is 13.2. The van der Waals surface area contributed by atoms with Crippen molar-refractivity contribution >= 4 is 38.1 Å². The maximum Gasteiger partial charge on any atom is 0.261 e. The Labute approximate surface area is 238 Å². The molecule has 8 nitrogen and oxygen atoms in total. The fourth-order valence-electron chi connectivity index (χ4n) is 5.21. The molecule has 1 saturated heterocycles. The number of fused-ring (bicyclic) bond motifs is 1. The van der Waals surface area contributed by atoms with Gasteiger partial charge in [-0.05, 0) is 106 Å². The van der Waals surface area contributed by atoms with Crippen LogP contribution in [0.1, 0.15) is 19.3 Å². The predicted molar refractivity (Wildman–Crippen MR) is 160 cm³/mol. The van der Waals surface area contributed by atoms with Crippen LogP contribution in [0.15, 0.2) is 96.3 Å². The van der Waals surface area contributed by atoms with Crippen molar-refractivity contribution in [2.45, 2.75) is 30.7 Å². The van der Waals surface area contributed by atoms with Gasteiger partial charge in [0.2, 0.25) is 0 Å². The zero-order chi connectivity index (χ0) is 28.2. The second-order valence-corrected chi connectivity index (χ2v) is 11.9. The molecule has 2 N–H and O–H groups in total. The largest absolute Gasteiger partial charge is 0.347 e. The van der Waals surface area contributed by atoms with Crippen molar-refractivity contribution in [1.82, 2.24) is 19.4 Å². The van der Waals surface area contributed by atoms with Gasteiger partial charge >= 0.3 is 0 Å². The Morgan fingerprint density at radius 3 is 2.37 bits per heavy atom. The fraction of sp³-hybridized carbons (Fsp3) is 0.226. The van der Waals surface area contributed by atoms with Crippen LogP contribution < -0.4 is 10.0 Å². The van der Waals surface area contributed by atoms with Crippen LogP contribution in [0.25, 0.3) is 22.2 Å². The van der Waals surface area contributed by atoms with Crippen LogP contribution in [-0.4, -0.2) is 47.5 Å². The molecule has 41 heavy (non-hydrogen) atoms. The smallest absolute Gasteiger partial charge is 0.261 e. The highest BCUT2D eigenvalue weighted by atomic mass is 32.2. The molecule has 1 aliphatic heterocycles. The number of aromatic nitrogens is 3. The molecule has 0 amide bonds. The van der Waals surface area contributed by atoms with Crippen LogP contribution >= 0.6 is 0 Å². The summed E-state index contributed by atoms with van der Waals surface area (Å²) in [6, 6.07) is 21.9. The van der Waals surface area contributed by atoms with E-state index in [1.54, 1.807) is 24.3 Å². The number of hydrogen-bond acceptors (Lipinski definition) is 6. The normalized spacial score (nSPS) is 14.0. The first-order valence-corrected chi connectivity index (χ1v) is 15.2. The number of nitrogens with zero attached hydrogens (tertiary/aromatic N) is 4. The summed E-state index contributed by atoms with van der Waals surface area (Å²) in [5.41, 5.74) is 4.15. The van der Waals surface area contributed by atoms with E-state index in [0.29, 0.717) is 11.5 Å². The van der Waals surface area contributed by atoms with Crippen molar-refractivity contribution in [2.75, 3.05) is 29.7 Å². The van der Waals surface area contributed by atoms with E-state index in [-0.39, 0.29) is 4.90 Å². The van der Waals surface area contributed by atoms with E-state index in [4.69, 9.17) is 0 Å². The third-order valence-electron chi connectivity index (χ3n) is 7.34. The Morgan fingerprint density at radius 1 is 0.829 bits per heavy atom. The Morgan fingerprint density at radius 2 is 1.59 bits per heavy atom. The highest BCUT2D eigenvalue weighted by Crippen LogP contribution is 2.27. The second kappa shape index (κ2) is 11.7. The van der Waals surface area contributed by atoms with E-state index in [2.05, 4.69) is 59.9 Å². The summed E-state index contributed by atoms with van der Waals surface area (Å²) in [6.07, 6.45) is 7.48. The van der Waals surface area contributed by atoms with Crippen LogP contribution in [-0.2, 0) is 16.6 Å². The van der Waals surface area contributed by atoms with Crippen LogP contribution in [0.3, 0.4) is 0 Å². The number of anilines is 3. The number of hydrogen-bond donors (Lipinski definition) is 2. The van der Waals surface area contributed by atoms with Crippen molar-refractivity contribution < 1.29 is 12.8 Å². The van der Waals surface area contributed by atoms with Crippen LogP contribution in [0.5, 0.6) is 0 Å². The molecule has 1 fully saturated rings. The Bertz CT molecular complexity index is 1750. The standard InChI is InChI=1S/C31H31FN6O2S/c32-25-5-11-28(12-6-25)41(39,40)36-27-9-7-26(8-10-27)35-31-21-29(33-22-34-31)23-4-13-30-24(20-23)14-19-38(30)18-3-17-37-15-1-2-16-37/h4-14,19-22,36H,1-3,15-18H2,(H,33,34,35). The van der Waals surface area contributed by atoms with Gasteiger partial charge in [0.05, 0.1) is 10.6 Å². The van der Waals surface area contributed by atoms with E-state index < -0.39 is 15.8 Å². The Kier molecular flexibility index (Phi) is 7.67. The van der Waals surface area contributed by atoms with E-state index in [0.717, 1.165) is 48.6 Å². The minimum atomic E-state index is -3.82. The summed E-state index contributed by atoms with van der Waals surface area (Å²) in [5.74, 6) is 0.125. The van der Waals surface area contributed by atoms with Gasteiger partial charge in [0.15, 0.2) is 0 Å². The quantitative estimate of drug-likeness (QED) is 0.206. The number of nitrogens with one attached hydrogen (secondary N) is 2. The molecule has 0 atom stereocenters. The van der Waals surface area contributed by atoms with Crippen molar-refractivity contribution in [3.63, 3.8) is 0 Å². The third kappa shape index (κ3) is 6.39. The fourth-order valence-corrected chi connectivity index (χ4v) is 6.26. The molecule has 2 aromatic heterocycles. The summed E-state index contributed by atoms with van der Waals surface area (Å²) in [6.45, 7) is 4.63. The maximum absolute atomic E-state index is 13.2. The van der Waals surface area contributed by atoms with Crippen molar-refractivity contribution in [2.24, 2.45) is 0 Å². The Hall–Kier alpha value is -4.28. The minimum Gasteiger partial charge on any atom is -0.347 e. The van der Waals surface area contributed by atoms with Gasteiger partial charge < -0.3 is 14.8 Å². The van der Waals surface area contributed by atoms with Gasteiger partial charge in [0, 0.05) is 46.6 Å². The van der Waals surface area contributed by atoms with Crippen molar-refractivity contribution in [3.05, 3.63) is 97.2 Å². The summed E-state index contributed by atoms with van der Waals surface area (Å²) < 4.78 is 43.1. The zero-order valence-corrected chi connectivity index (χ0v) is 23.3. The first kappa shape index (κ1) is 26.9. The molecule has 3 aromatic carbocycles. The van der Waals surface area contributed by atoms with E-state index in [1.165, 1.54) is 55.3 Å². The zero-order valence-electron chi connectivity index (χ0n) is 22.5. The van der Waals surface area contributed by atoms with Gasteiger partial charge in [-0.25, -0.2) is 22.8 Å². The predicted octanol–water partition coefficient (Wildman–Crippen LogP) is 6.27. The topological polar surface area (TPSA) is 92.2 Å². The Balaban J connectivity index is 1.11. The highest BCUT2D eigenvalue weighted by Gasteiger charge is 2.14. The van der Waals surface area contributed by atoms with E-state index in [9.17, 15) is 12.8 Å². The third-order valence-corrected chi connectivity index (χ3v) is 8.74. The first-order chi connectivity index (χ1) is 19.9. The summed E-state index contributed by atoms with van der Waals surface area (Å²) >= 11 is 0. The van der Waals surface area contributed by atoms with Gasteiger partial charge in [-0.2, -0.15) is 0 Å². The van der Waals surface area contributed by atoms with Crippen LogP contribution in [0, 0.1) is 5.82 Å². The van der Waals surface area contributed by atoms with Gasteiger partial charge in [-0.3, -0.25) is 4.72 Å². The average molecular weight is 571 g/mol. The molecule has 3 heterocycles. The lowest BCUT2D eigenvalue weighted by Crippen LogP contribution is -2.21. The van der Waals surface area contributed by atoms with Crippen molar-refractivity contribution in [1.29, 1.82) is 0 Å². The number of rotatable bonds is 10. The van der Waals surface area contributed by atoms with Crippen LogP contribution in [0.4, 0.5) is 21.6 Å². The first-order valence-electron chi connectivity index (χ1n) is 13.7. The SMILES string of the molecule is O=S(=O)(Nc1ccc(Nc2cc(-c3ccc4c(ccn4CCCN4CCCC4)c3)ncn2)cc1)c1ccc(F)cc1. The average Bonchev–Trinajstić information content (AvgIpc) is 3.64. The monoisotopic (exact) mass is 570 g/mol. The highest BCUT2D eigenvalue weighted by molar-refractivity contribution is 7.92. The number of sulfonamides is 1. The number of aryl methyl sites for hydroxylation is 1. The molecule has 0 spiro atoms. The number of benzene rings is 3. The molecule has 6 rings (SSSR count). The minimum absolute atomic E-state index is 0.0121. The molecule has 1 aliphatic rings. The molecular weight excluding hydrogens is 539 g/mol. The lowest BCUT2D eigenvalue weighted by Gasteiger charge is -2.14. The molecule has 0 aliphatic carbocycles. The summed E-state index contributed by atoms with van der Waals surface area (Å²) in [5, 5.41) is 4.43. The molecule has 5 aromatic rings. The van der Waals surface area contributed by atoms with Gasteiger partial charge in [0.25, 0.3) is 10.0 Å². The van der Waals surface area contributed by atoms with Crippen molar-refractivity contribution in [3.8, 4) is 11.3 Å². The molecule has 0 saturated carbocycles. The lowest BCUT2D eigenvalue weighted by molar-refractivity contribution is 0.326. The van der Waals surface area contributed by atoms with Crippen LogP contribution in [0.2, 0.25) is 0 Å². The molecule has 0 radical (unpaired) electrons. The summed E-state index contributed by atoms with van der Waals surface area (Å²) in [4.78, 5) is 11.4.